The molecule has 0 saturated heterocycles. The largest absolute Gasteiger partial charge is 0.0998 e. The van der Waals surface area contributed by atoms with Gasteiger partial charge in [0.15, 0.2) is 0 Å². The second-order valence-electron chi connectivity index (χ2n) is 4.66. The standard InChI is InChI=1S/C11H18/c1-4-10-9(3)7-11(10)5-8(2)6-11/h9-10H,2,4-7H2,1,3H3. The van der Waals surface area contributed by atoms with Gasteiger partial charge in [-0.1, -0.05) is 32.4 Å². The molecular weight excluding hydrogens is 132 g/mol. The van der Waals surface area contributed by atoms with E-state index < -0.39 is 0 Å². The Kier molecular flexibility index (Phi) is 1.42. The zero-order valence-electron chi connectivity index (χ0n) is 7.69. The summed E-state index contributed by atoms with van der Waals surface area (Å²) in [7, 11) is 0. The molecule has 62 valence electrons. The van der Waals surface area contributed by atoms with Gasteiger partial charge < -0.3 is 0 Å². The van der Waals surface area contributed by atoms with Crippen LogP contribution in [-0.4, -0.2) is 0 Å². The minimum absolute atomic E-state index is 0.755. The Morgan fingerprint density at radius 1 is 1.55 bits per heavy atom. The summed E-state index contributed by atoms with van der Waals surface area (Å²) in [4.78, 5) is 0. The van der Waals surface area contributed by atoms with Crippen LogP contribution in [0.15, 0.2) is 12.2 Å². The molecule has 0 amide bonds. The van der Waals surface area contributed by atoms with E-state index in [1.807, 2.05) is 0 Å². The zero-order valence-corrected chi connectivity index (χ0v) is 7.69. The lowest BCUT2D eigenvalue weighted by Crippen LogP contribution is -2.51. The molecule has 0 radical (unpaired) electrons. The summed E-state index contributed by atoms with van der Waals surface area (Å²) in [5.41, 5.74) is 2.25. The molecule has 2 aliphatic carbocycles. The minimum atomic E-state index is 0.755. The van der Waals surface area contributed by atoms with E-state index in [0.717, 1.165) is 17.3 Å². The monoisotopic (exact) mass is 150 g/mol. The van der Waals surface area contributed by atoms with Crippen LogP contribution in [0.3, 0.4) is 0 Å². The normalized spacial score (nSPS) is 40.0. The van der Waals surface area contributed by atoms with Crippen LogP contribution in [0.5, 0.6) is 0 Å². The zero-order chi connectivity index (χ0) is 8.06. The summed E-state index contributed by atoms with van der Waals surface area (Å²) in [5.74, 6) is 2.01. The van der Waals surface area contributed by atoms with Gasteiger partial charge in [0.2, 0.25) is 0 Å². The molecule has 0 bridgehead atoms. The highest BCUT2D eigenvalue weighted by molar-refractivity contribution is 5.21. The van der Waals surface area contributed by atoms with Crippen molar-refractivity contribution in [3.8, 4) is 0 Å². The van der Waals surface area contributed by atoms with E-state index in [2.05, 4.69) is 20.4 Å². The van der Waals surface area contributed by atoms with Gasteiger partial charge in [-0.25, -0.2) is 0 Å². The van der Waals surface area contributed by atoms with Crippen LogP contribution in [0.2, 0.25) is 0 Å². The molecular formula is C11H18. The molecule has 2 rings (SSSR count). The number of hydrogen-bond donors (Lipinski definition) is 0. The summed E-state index contributed by atoms with van der Waals surface area (Å²) >= 11 is 0. The highest BCUT2D eigenvalue weighted by atomic mass is 14.6. The molecule has 2 saturated carbocycles. The lowest BCUT2D eigenvalue weighted by Gasteiger charge is -2.61. The Balaban J connectivity index is 2.02. The van der Waals surface area contributed by atoms with Crippen molar-refractivity contribution >= 4 is 0 Å². The SMILES string of the molecule is C=C1CC2(C1)CC(C)C2CC. The van der Waals surface area contributed by atoms with Gasteiger partial charge in [-0.05, 0) is 36.5 Å². The van der Waals surface area contributed by atoms with Crippen molar-refractivity contribution in [2.24, 2.45) is 17.3 Å². The van der Waals surface area contributed by atoms with Gasteiger partial charge in [-0.15, -0.1) is 0 Å². The smallest absolute Gasteiger partial charge is 0.0190 e. The molecule has 2 aliphatic rings. The second-order valence-corrected chi connectivity index (χ2v) is 4.66. The van der Waals surface area contributed by atoms with E-state index in [-0.39, 0.29) is 0 Å². The van der Waals surface area contributed by atoms with Crippen LogP contribution in [0.4, 0.5) is 0 Å². The van der Waals surface area contributed by atoms with Crippen LogP contribution in [-0.2, 0) is 0 Å². The van der Waals surface area contributed by atoms with E-state index in [1.165, 1.54) is 31.3 Å². The molecule has 0 heteroatoms. The third kappa shape index (κ3) is 0.816. The van der Waals surface area contributed by atoms with Crippen molar-refractivity contribution in [3.05, 3.63) is 12.2 Å². The quantitative estimate of drug-likeness (QED) is 0.503. The van der Waals surface area contributed by atoms with E-state index in [0.29, 0.717) is 0 Å². The summed E-state index contributed by atoms with van der Waals surface area (Å²) in [6.45, 7) is 8.77. The Morgan fingerprint density at radius 3 is 2.55 bits per heavy atom. The fourth-order valence-electron chi connectivity index (χ4n) is 3.56. The second kappa shape index (κ2) is 2.12. The number of rotatable bonds is 1. The van der Waals surface area contributed by atoms with Gasteiger partial charge in [0, 0.05) is 0 Å². The third-order valence-electron chi connectivity index (χ3n) is 3.85. The maximum Gasteiger partial charge on any atom is -0.0190 e. The Bertz CT molecular complexity index is 182. The Hall–Kier alpha value is -0.260. The van der Waals surface area contributed by atoms with Crippen molar-refractivity contribution in [2.75, 3.05) is 0 Å². The first-order chi connectivity index (χ1) is 5.18. The molecule has 0 aliphatic heterocycles. The summed E-state index contributed by atoms with van der Waals surface area (Å²) < 4.78 is 0. The Labute approximate surface area is 69.7 Å². The van der Waals surface area contributed by atoms with E-state index in [1.54, 1.807) is 0 Å². The molecule has 2 fully saturated rings. The first kappa shape index (κ1) is 7.39. The highest BCUT2D eigenvalue weighted by Gasteiger charge is 2.54. The predicted molar refractivity (Wildman–Crippen MR) is 48.4 cm³/mol. The molecule has 1 spiro atoms. The molecule has 11 heavy (non-hydrogen) atoms. The third-order valence-corrected chi connectivity index (χ3v) is 3.85. The van der Waals surface area contributed by atoms with Crippen molar-refractivity contribution in [1.29, 1.82) is 0 Å². The van der Waals surface area contributed by atoms with Gasteiger partial charge in [0.1, 0.15) is 0 Å². The van der Waals surface area contributed by atoms with Crippen LogP contribution in [0.1, 0.15) is 39.5 Å². The van der Waals surface area contributed by atoms with Gasteiger partial charge in [-0.2, -0.15) is 0 Å². The lowest BCUT2D eigenvalue weighted by atomic mass is 9.44. The van der Waals surface area contributed by atoms with Gasteiger partial charge in [0.25, 0.3) is 0 Å². The first-order valence-electron chi connectivity index (χ1n) is 4.84. The van der Waals surface area contributed by atoms with Crippen LogP contribution >= 0.6 is 0 Å². The van der Waals surface area contributed by atoms with Crippen molar-refractivity contribution in [1.82, 2.24) is 0 Å². The minimum Gasteiger partial charge on any atom is -0.0998 e. The molecule has 0 aromatic carbocycles. The average Bonchev–Trinajstić information content (AvgIpc) is 1.84. The predicted octanol–water partition coefficient (Wildman–Crippen LogP) is 3.39. The molecule has 0 nitrogen and oxygen atoms in total. The number of allylic oxidation sites excluding steroid dienone is 1. The summed E-state index contributed by atoms with van der Waals surface area (Å²) in [5, 5.41) is 0. The van der Waals surface area contributed by atoms with Crippen molar-refractivity contribution in [3.63, 3.8) is 0 Å². The van der Waals surface area contributed by atoms with Crippen LogP contribution in [0, 0.1) is 17.3 Å². The van der Waals surface area contributed by atoms with E-state index in [9.17, 15) is 0 Å². The molecule has 0 aromatic heterocycles. The van der Waals surface area contributed by atoms with Crippen molar-refractivity contribution < 1.29 is 0 Å². The van der Waals surface area contributed by atoms with Crippen LogP contribution in [0.25, 0.3) is 0 Å². The summed E-state index contributed by atoms with van der Waals surface area (Å²) in [6.07, 6.45) is 5.55. The topological polar surface area (TPSA) is 0 Å². The highest BCUT2D eigenvalue weighted by Crippen LogP contribution is 2.64. The van der Waals surface area contributed by atoms with E-state index in [4.69, 9.17) is 0 Å². The molecule has 2 atom stereocenters. The Morgan fingerprint density at radius 2 is 2.18 bits per heavy atom. The maximum absolute atomic E-state index is 4.03. The fourth-order valence-corrected chi connectivity index (χ4v) is 3.56. The van der Waals surface area contributed by atoms with Gasteiger partial charge in [-0.3, -0.25) is 0 Å². The average molecular weight is 150 g/mol. The molecule has 2 unspecified atom stereocenters. The van der Waals surface area contributed by atoms with E-state index >= 15 is 0 Å². The fraction of sp³-hybridized carbons (Fsp3) is 0.818. The first-order valence-corrected chi connectivity index (χ1v) is 4.84. The van der Waals surface area contributed by atoms with Crippen molar-refractivity contribution in [2.45, 2.75) is 39.5 Å². The summed E-state index contributed by atoms with van der Waals surface area (Å²) in [6, 6.07) is 0. The maximum atomic E-state index is 4.03. The van der Waals surface area contributed by atoms with Gasteiger partial charge >= 0.3 is 0 Å². The molecule has 0 aromatic rings. The number of hydrogen-bond acceptors (Lipinski definition) is 0. The molecule has 0 N–H and O–H groups in total. The molecule has 0 heterocycles. The van der Waals surface area contributed by atoms with Crippen LogP contribution < -0.4 is 0 Å². The lowest BCUT2D eigenvalue weighted by molar-refractivity contribution is -0.0687. The van der Waals surface area contributed by atoms with Gasteiger partial charge in [0.05, 0.1) is 0 Å².